The van der Waals surface area contributed by atoms with Crippen LogP contribution in [0, 0.1) is 11.3 Å². The Bertz CT molecular complexity index is 1410. The molecule has 2 amide bonds. The maximum Gasteiger partial charge on any atom is 0.275 e. The number of carbonyl (C=O) groups is 2. The van der Waals surface area contributed by atoms with Crippen molar-refractivity contribution in [3.8, 4) is 0 Å². The summed E-state index contributed by atoms with van der Waals surface area (Å²) >= 11 is 6.18. The van der Waals surface area contributed by atoms with E-state index in [4.69, 9.17) is 16.6 Å². The molecule has 1 spiro atoms. The van der Waals surface area contributed by atoms with Gasteiger partial charge in [-0.1, -0.05) is 81.6 Å². The van der Waals surface area contributed by atoms with Crippen molar-refractivity contribution in [2.24, 2.45) is 16.3 Å². The Morgan fingerprint density at radius 1 is 1.12 bits per heavy atom. The molecule has 1 unspecified atom stereocenters. The van der Waals surface area contributed by atoms with Crippen LogP contribution in [0.15, 0.2) is 53.5 Å². The summed E-state index contributed by atoms with van der Waals surface area (Å²) in [6.07, 6.45) is 6.55. The van der Waals surface area contributed by atoms with Crippen molar-refractivity contribution in [3.05, 3.63) is 76.1 Å². The Balaban J connectivity index is 1.44. The van der Waals surface area contributed by atoms with Crippen LogP contribution in [-0.4, -0.2) is 48.7 Å². The summed E-state index contributed by atoms with van der Waals surface area (Å²) in [5.41, 5.74) is 2.50. The quantitative estimate of drug-likeness (QED) is 0.289. The summed E-state index contributed by atoms with van der Waals surface area (Å²) in [5.74, 6) is 0.743. The number of rotatable bonds is 10. The molecule has 1 fully saturated rings. The molecule has 0 saturated heterocycles. The zero-order valence-electron chi connectivity index (χ0n) is 24.9. The fourth-order valence-corrected chi connectivity index (χ4v) is 6.56. The molecule has 2 aliphatic rings. The predicted molar refractivity (Wildman–Crippen MR) is 163 cm³/mol. The van der Waals surface area contributed by atoms with Crippen LogP contribution in [0.4, 0.5) is 0 Å². The standard InChI is InChI=1S/C32H40ClN7O2/c1-5-7-26(21-8-10-23(11-9-21)29(41)34-20-27-36-38-39-37-27)40-30(42)28(22-12-14-25(33)15-13-22)35-32(40)18-16-24(17-19-32)31(3,4)6-2/h8-15,24,26H,5-7,16-20H2,1-4H3,(H,34,41)(H,36,37,38,39). The van der Waals surface area contributed by atoms with Gasteiger partial charge in [-0.25, -0.2) is 0 Å². The average Bonchev–Trinajstić information content (AvgIpc) is 3.62. The van der Waals surface area contributed by atoms with Crippen LogP contribution in [0.1, 0.15) is 106 Å². The predicted octanol–water partition coefficient (Wildman–Crippen LogP) is 6.28. The van der Waals surface area contributed by atoms with E-state index in [1.807, 2.05) is 48.5 Å². The smallest absolute Gasteiger partial charge is 0.275 e. The number of nitrogens with one attached hydrogen (secondary N) is 2. The molecule has 2 N–H and O–H groups in total. The lowest BCUT2D eigenvalue weighted by Crippen LogP contribution is -2.51. The van der Waals surface area contributed by atoms with Crippen molar-refractivity contribution in [1.29, 1.82) is 0 Å². The van der Waals surface area contributed by atoms with Gasteiger partial charge in [-0.2, -0.15) is 5.21 Å². The number of hydrogen-bond acceptors (Lipinski definition) is 6. The number of H-pyrrole nitrogens is 1. The third kappa shape index (κ3) is 5.98. The zero-order chi connectivity index (χ0) is 29.9. The molecule has 1 atom stereocenters. The number of aromatic amines is 1. The van der Waals surface area contributed by atoms with Gasteiger partial charge in [0.2, 0.25) is 0 Å². The lowest BCUT2D eigenvalue weighted by atomic mass is 9.67. The molecule has 2 heterocycles. The van der Waals surface area contributed by atoms with Gasteiger partial charge in [-0.3, -0.25) is 14.6 Å². The summed E-state index contributed by atoms with van der Waals surface area (Å²) in [6.45, 7) is 9.30. The van der Waals surface area contributed by atoms with Gasteiger partial charge in [-0.15, -0.1) is 10.2 Å². The molecule has 222 valence electrons. The van der Waals surface area contributed by atoms with Gasteiger partial charge in [0.05, 0.1) is 12.6 Å². The number of benzene rings is 2. The molecule has 1 aliphatic carbocycles. The number of amides is 2. The molecule has 10 heteroatoms. The van der Waals surface area contributed by atoms with Gasteiger partial charge in [0.1, 0.15) is 11.4 Å². The molecule has 2 aromatic carbocycles. The second-order valence-electron chi connectivity index (χ2n) is 12.2. The first-order chi connectivity index (χ1) is 20.2. The Morgan fingerprint density at radius 3 is 2.40 bits per heavy atom. The van der Waals surface area contributed by atoms with Crippen LogP contribution in [-0.2, 0) is 11.3 Å². The van der Waals surface area contributed by atoms with Crippen LogP contribution in [0.5, 0.6) is 0 Å². The van der Waals surface area contributed by atoms with Gasteiger partial charge < -0.3 is 10.2 Å². The van der Waals surface area contributed by atoms with E-state index in [0.29, 0.717) is 28.0 Å². The average molecular weight is 590 g/mol. The van der Waals surface area contributed by atoms with E-state index in [1.54, 1.807) is 0 Å². The largest absolute Gasteiger partial charge is 0.345 e. The first-order valence-corrected chi connectivity index (χ1v) is 15.3. The summed E-state index contributed by atoms with van der Waals surface area (Å²) in [5, 5.41) is 17.1. The van der Waals surface area contributed by atoms with Crippen molar-refractivity contribution in [2.75, 3.05) is 0 Å². The van der Waals surface area contributed by atoms with Crippen LogP contribution in [0.3, 0.4) is 0 Å². The number of tetrazole rings is 1. The number of nitrogens with zero attached hydrogens (tertiary/aromatic N) is 5. The van der Waals surface area contributed by atoms with Crippen molar-refractivity contribution in [2.45, 2.75) is 90.9 Å². The first kappa shape index (κ1) is 29.9. The molecule has 42 heavy (non-hydrogen) atoms. The third-order valence-corrected chi connectivity index (χ3v) is 9.59. The number of aliphatic imine (C=N–C) groups is 1. The van der Waals surface area contributed by atoms with E-state index in [0.717, 1.165) is 56.1 Å². The lowest BCUT2D eigenvalue weighted by molar-refractivity contribution is -0.133. The monoisotopic (exact) mass is 589 g/mol. The maximum atomic E-state index is 14.3. The molecule has 5 rings (SSSR count). The van der Waals surface area contributed by atoms with Crippen LogP contribution in [0.25, 0.3) is 0 Å². The summed E-state index contributed by atoms with van der Waals surface area (Å²) in [7, 11) is 0. The molecule has 1 aliphatic heterocycles. The minimum Gasteiger partial charge on any atom is -0.345 e. The van der Waals surface area contributed by atoms with E-state index in [9.17, 15) is 9.59 Å². The van der Waals surface area contributed by atoms with Crippen molar-refractivity contribution in [3.63, 3.8) is 0 Å². The highest BCUT2D eigenvalue weighted by atomic mass is 35.5. The fourth-order valence-electron chi connectivity index (χ4n) is 6.44. The highest BCUT2D eigenvalue weighted by Gasteiger charge is 2.52. The van der Waals surface area contributed by atoms with Gasteiger partial charge >= 0.3 is 0 Å². The molecule has 0 bridgehead atoms. The first-order valence-electron chi connectivity index (χ1n) is 15.0. The Kier molecular flexibility index (Phi) is 8.78. The molecule has 1 aromatic heterocycles. The van der Waals surface area contributed by atoms with Crippen molar-refractivity contribution < 1.29 is 9.59 Å². The van der Waals surface area contributed by atoms with Gasteiger partial charge in [0.25, 0.3) is 11.8 Å². The summed E-state index contributed by atoms with van der Waals surface area (Å²) < 4.78 is 0. The van der Waals surface area contributed by atoms with Gasteiger partial charge in [0.15, 0.2) is 5.82 Å². The van der Waals surface area contributed by atoms with E-state index >= 15 is 0 Å². The highest BCUT2D eigenvalue weighted by molar-refractivity contribution is 6.47. The summed E-state index contributed by atoms with van der Waals surface area (Å²) in [6, 6.07) is 14.8. The topological polar surface area (TPSA) is 116 Å². The van der Waals surface area contributed by atoms with Crippen molar-refractivity contribution in [1.82, 2.24) is 30.8 Å². The number of hydrogen-bond donors (Lipinski definition) is 2. The Labute approximate surface area is 252 Å². The minimum absolute atomic E-state index is 0.0362. The molecular formula is C32H40ClN7O2. The second-order valence-corrected chi connectivity index (χ2v) is 12.6. The molecule has 9 nitrogen and oxygen atoms in total. The Morgan fingerprint density at radius 2 is 1.81 bits per heavy atom. The third-order valence-electron chi connectivity index (χ3n) is 9.34. The molecule has 1 saturated carbocycles. The van der Waals surface area contributed by atoms with E-state index in [1.165, 1.54) is 0 Å². The molecule has 0 radical (unpaired) electrons. The zero-order valence-corrected chi connectivity index (χ0v) is 25.6. The number of aromatic nitrogens is 4. The van der Waals surface area contributed by atoms with Crippen LogP contribution < -0.4 is 5.32 Å². The van der Waals surface area contributed by atoms with Crippen LogP contribution in [0.2, 0.25) is 5.02 Å². The fraction of sp³-hybridized carbons (Fsp3) is 0.500. The number of carbonyl (C=O) groups excluding carboxylic acids is 2. The Hall–Kier alpha value is -3.59. The van der Waals surface area contributed by atoms with E-state index in [-0.39, 0.29) is 29.8 Å². The minimum atomic E-state index is -0.590. The van der Waals surface area contributed by atoms with Gasteiger partial charge in [-0.05, 0) is 73.3 Å². The maximum absolute atomic E-state index is 14.3. The molecule has 3 aromatic rings. The second kappa shape index (κ2) is 12.3. The normalized spacial score (nSPS) is 21.5. The summed E-state index contributed by atoms with van der Waals surface area (Å²) in [4.78, 5) is 34.5. The highest BCUT2D eigenvalue weighted by Crippen LogP contribution is 2.50. The SMILES string of the molecule is CCCC(c1ccc(C(=O)NCc2nn[nH]n2)cc1)N1C(=O)C(c2ccc(Cl)cc2)=NC12CCC(C(C)(C)CC)CC2. The number of halogens is 1. The van der Waals surface area contributed by atoms with Crippen molar-refractivity contribution >= 4 is 29.1 Å². The van der Waals surface area contributed by atoms with E-state index < -0.39 is 5.66 Å². The van der Waals surface area contributed by atoms with Crippen LogP contribution >= 0.6 is 11.6 Å². The lowest BCUT2D eigenvalue weighted by Gasteiger charge is -2.48. The molecular weight excluding hydrogens is 550 g/mol. The van der Waals surface area contributed by atoms with Gasteiger partial charge in [0, 0.05) is 16.1 Å². The van der Waals surface area contributed by atoms with E-state index in [2.05, 4.69) is 58.5 Å².